The quantitative estimate of drug-likeness (QED) is 0.614. The second-order valence-electron chi connectivity index (χ2n) is 4.52. The van der Waals surface area contributed by atoms with Gasteiger partial charge in [0.1, 0.15) is 0 Å². The van der Waals surface area contributed by atoms with Crippen molar-refractivity contribution >= 4 is 22.2 Å². The molecule has 0 aliphatic heterocycles. The first kappa shape index (κ1) is 15.8. The second-order valence-corrected chi connectivity index (χ2v) is 6.33. The highest BCUT2D eigenvalue weighted by molar-refractivity contribution is 7.90. The SMILES string of the molecule is CN(C)/C=N/c1nc(=O)n(S(=O)(=O)c2ccccc2)cc1F. The fraction of sp³-hybridized carbons (Fsp3) is 0.154. The van der Waals surface area contributed by atoms with E-state index in [9.17, 15) is 17.6 Å². The van der Waals surface area contributed by atoms with Gasteiger partial charge in [-0.15, -0.1) is 0 Å². The van der Waals surface area contributed by atoms with Crippen LogP contribution >= 0.6 is 0 Å². The molecule has 0 fully saturated rings. The molecule has 116 valence electrons. The maximum atomic E-state index is 13.9. The van der Waals surface area contributed by atoms with E-state index in [1.165, 1.54) is 35.5 Å². The smallest absolute Gasteiger partial charge is 0.363 e. The Labute approximate surface area is 126 Å². The molecular formula is C13H13FN4O3S. The Morgan fingerprint density at radius 3 is 2.50 bits per heavy atom. The lowest BCUT2D eigenvalue weighted by Crippen LogP contribution is -2.29. The van der Waals surface area contributed by atoms with Gasteiger partial charge >= 0.3 is 5.69 Å². The first-order chi connectivity index (χ1) is 10.3. The summed E-state index contributed by atoms with van der Waals surface area (Å²) < 4.78 is 38.8. The van der Waals surface area contributed by atoms with E-state index < -0.39 is 27.3 Å². The molecule has 9 heteroatoms. The molecule has 0 bridgehead atoms. The fourth-order valence-corrected chi connectivity index (χ4v) is 2.75. The van der Waals surface area contributed by atoms with Gasteiger partial charge < -0.3 is 4.90 Å². The summed E-state index contributed by atoms with van der Waals surface area (Å²) in [5.41, 5.74) is -1.13. The first-order valence-corrected chi connectivity index (χ1v) is 7.57. The molecule has 0 radical (unpaired) electrons. The lowest BCUT2D eigenvalue weighted by atomic mass is 10.4. The minimum atomic E-state index is -4.20. The number of nitrogens with zero attached hydrogens (tertiary/aromatic N) is 4. The van der Waals surface area contributed by atoms with Crippen LogP contribution in [0.1, 0.15) is 0 Å². The van der Waals surface area contributed by atoms with Crippen LogP contribution in [-0.2, 0) is 10.0 Å². The van der Waals surface area contributed by atoms with Gasteiger partial charge in [-0.3, -0.25) is 0 Å². The fourth-order valence-electron chi connectivity index (χ4n) is 1.55. The Morgan fingerprint density at radius 1 is 1.27 bits per heavy atom. The van der Waals surface area contributed by atoms with Gasteiger partial charge in [0.15, 0.2) is 11.6 Å². The third-order valence-corrected chi connectivity index (χ3v) is 4.19. The Morgan fingerprint density at radius 2 is 1.91 bits per heavy atom. The molecule has 0 atom stereocenters. The maximum absolute atomic E-state index is 13.9. The average molecular weight is 324 g/mol. The van der Waals surface area contributed by atoms with Crippen molar-refractivity contribution in [2.75, 3.05) is 14.1 Å². The number of aromatic nitrogens is 2. The van der Waals surface area contributed by atoms with E-state index in [0.29, 0.717) is 6.20 Å². The Bertz CT molecular complexity index is 861. The van der Waals surface area contributed by atoms with Crippen LogP contribution in [0.2, 0.25) is 0 Å². The molecule has 7 nitrogen and oxygen atoms in total. The molecule has 22 heavy (non-hydrogen) atoms. The standard InChI is InChI=1S/C13H13FN4O3S/c1-17(2)9-15-12-11(14)8-18(13(19)16-12)22(20,21)10-6-4-3-5-7-10/h3-9H,1-2H3/b15-9+. The predicted octanol–water partition coefficient (Wildman–Crippen LogP) is 0.841. The highest BCUT2D eigenvalue weighted by Gasteiger charge is 2.20. The van der Waals surface area contributed by atoms with Crippen molar-refractivity contribution in [1.29, 1.82) is 0 Å². The van der Waals surface area contributed by atoms with Crippen molar-refractivity contribution in [3.8, 4) is 0 Å². The van der Waals surface area contributed by atoms with E-state index in [0.717, 1.165) is 0 Å². The zero-order valence-electron chi connectivity index (χ0n) is 11.8. The van der Waals surface area contributed by atoms with Crippen LogP contribution < -0.4 is 5.69 Å². The van der Waals surface area contributed by atoms with Crippen molar-refractivity contribution in [1.82, 2.24) is 13.9 Å². The minimum Gasteiger partial charge on any atom is -0.369 e. The summed E-state index contributed by atoms with van der Waals surface area (Å²) in [7, 11) is -0.890. The van der Waals surface area contributed by atoms with Gasteiger partial charge in [0.25, 0.3) is 10.0 Å². The van der Waals surface area contributed by atoms with Gasteiger partial charge in [-0.1, -0.05) is 18.2 Å². The number of aliphatic imine (C=N–C) groups is 1. The third-order valence-electron chi connectivity index (χ3n) is 2.55. The van der Waals surface area contributed by atoms with Gasteiger partial charge in [0.2, 0.25) is 0 Å². The second kappa shape index (κ2) is 6.06. The van der Waals surface area contributed by atoms with Crippen LogP contribution in [0.15, 0.2) is 51.2 Å². The molecule has 2 rings (SSSR count). The third kappa shape index (κ3) is 3.19. The summed E-state index contributed by atoms with van der Waals surface area (Å²) in [6.07, 6.45) is 1.82. The summed E-state index contributed by atoms with van der Waals surface area (Å²) in [6.45, 7) is 0. The minimum absolute atomic E-state index is 0.136. The first-order valence-electron chi connectivity index (χ1n) is 6.13. The summed E-state index contributed by atoms with van der Waals surface area (Å²) in [6, 6.07) is 7.23. The van der Waals surface area contributed by atoms with E-state index in [4.69, 9.17) is 0 Å². The van der Waals surface area contributed by atoms with Crippen molar-refractivity contribution in [3.63, 3.8) is 0 Å². The van der Waals surface area contributed by atoms with Gasteiger partial charge in [-0.2, -0.15) is 8.96 Å². The van der Waals surface area contributed by atoms with Crippen LogP contribution in [0, 0.1) is 5.82 Å². The number of hydrogen-bond acceptors (Lipinski definition) is 5. The molecule has 0 unspecified atom stereocenters. The molecule has 0 amide bonds. The van der Waals surface area contributed by atoms with Crippen LogP contribution in [0.3, 0.4) is 0 Å². The van der Waals surface area contributed by atoms with Crippen molar-refractivity contribution in [2.24, 2.45) is 4.99 Å². The maximum Gasteiger partial charge on any atom is 0.363 e. The zero-order chi connectivity index (χ0) is 16.3. The summed E-state index contributed by atoms with van der Waals surface area (Å²) in [5, 5.41) is 0. The highest BCUT2D eigenvalue weighted by atomic mass is 32.2. The zero-order valence-corrected chi connectivity index (χ0v) is 12.7. The Hall–Kier alpha value is -2.55. The number of rotatable bonds is 4. The van der Waals surface area contributed by atoms with Gasteiger partial charge in [0.05, 0.1) is 17.4 Å². The van der Waals surface area contributed by atoms with Crippen molar-refractivity contribution < 1.29 is 12.8 Å². The van der Waals surface area contributed by atoms with E-state index in [1.807, 2.05) is 0 Å². The van der Waals surface area contributed by atoms with E-state index >= 15 is 0 Å². The molecule has 0 spiro atoms. The molecule has 0 N–H and O–H groups in total. The van der Waals surface area contributed by atoms with E-state index in [-0.39, 0.29) is 8.87 Å². The van der Waals surface area contributed by atoms with E-state index in [2.05, 4.69) is 9.98 Å². The highest BCUT2D eigenvalue weighted by Crippen LogP contribution is 2.15. The molecule has 0 saturated carbocycles. The molecule has 1 aromatic carbocycles. The van der Waals surface area contributed by atoms with Gasteiger partial charge in [-0.25, -0.2) is 22.6 Å². The molecular weight excluding hydrogens is 311 g/mol. The van der Waals surface area contributed by atoms with E-state index in [1.54, 1.807) is 20.2 Å². The molecule has 0 aliphatic rings. The monoisotopic (exact) mass is 324 g/mol. The topological polar surface area (TPSA) is 84.6 Å². The predicted molar refractivity (Wildman–Crippen MR) is 79.3 cm³/mol. The molecule has 2 aromatic rings. The number of halogens is 1. The summed E-state index contributed by atoms with van der Waals surface area (Å²) in [4.78, 5) is 20.3. The summed E-state index contributed by atoms with van der Waals surface area (Å²) >= 11 is 0. The molecule has 1 heterocycles. The summed E-state index contributed by atoms with van der Waals surface area (Å²) in [5.74, 6) is -1.49. The van der Waals surface area contributed by atoms with Crippen LogP contribution in [0.25, 0.3) is 0 Å². The molecule has 1 aromatic heterocycles. The molecule has 0 saturated heterocycles. The normalized spacial score (nSPS) is 11.8. The Balaban J connectivity index is 2.55. The van der Waals surface area contributed by atoms with Crippen LogP contribution in [0.4, 0.5) is 10.2 Å². The lowest BCUT2D eigenvalue weighted by Gasteiger charge is -2.08. The van der Waals surface area contributed by atoms with Crippen molar-refractivity contribution in [3.05, 3.63) is 52.8 Å². The number of benzene rings is 1. The largest absolute Gasteiger partial charge is 0.369 e. The van der Waals surface area contributed by atoms with Crippen molar-refractivity contribution in [2.45, 2.75) is 4.90 Å². The van der Waals surface area contributed by atoms with Gasteiger partial charge in [-0.05, 0) is 12.1 Å². The lowest BCUT2D eigenvalue weighted by molar-refractivity contribution is 0.571. The Kier molecular flexibility index (Phi) is 4.36. The van der Waals surface area contributed by atoms with Crippen LogP contribution in [-0.4, -0.2) is 42.7 Å². The van der Waals surface area contributed by atoms with Gasteiger partial charge in [0, 0.05) is 14.1 Å². The molecule has 0 aliphatic carbocycles. The number of hydrogen-bond donors (Lipinski definition) is 0. The average Bonchev–Trinajstić information content (AvgIpc) is 2.48. The van der Waals surface area contributed by atoms with Crippen LogP contribution in [0.5, 0.6) is 0 Å².